The van der Waals surface area contributed by atoms with Gasteiger partial charge in [-0.15, -0.1) is 24.0 Å². The molecule has 0 aromatic heterocycles. The van der Waals surface area contributed by atoms with Crippen molar-refractivity contribution >= 4 is 29.9 Å². The van der Waals surface area contributed by atoms with Crippen LogP contribution in [0.4, 0.5) is 0 Å². The molecule has 0 radical (unpaired) electrons. The Morgan fingerprint density at radius 1 is 1.14 bits per heavy atom. The van der Waals surface area contributed by atoms with E-state index in [1.165, 1.54) is 11.1 Å². The van der Waals surface area contributed by atoms with Crippen LogP contribution in [-0.2, 0) is 6.42 Å². The van der Waals surface area contributed by atoms with Gasteiger partial charge in [0.2, 0.25) is 0 Å². The van der Waals surface area contributed by atoms with Crippen LogP contribution in [0.1, 0.15) is 30.4 Å². The van der Waals surface area contributed by atoms with E-state index in [4.69, 9.17) is 14.5 Å². The van der Waals surface area contributed by atoms with Crippen molar-refractivity contribution in [1.82, 2.24) is 10.6 Å². The lowest BCUT2D eigenvalue weighted by molar-refractivity contribution is 0.269. The van der Waals surface area contributed by atoms with Crippen molar-refractivity contribution in [3.05, 3.63) is 59.7 Å². The standard InChI is InChI=1S/C22H29N3O2.HI/c1-3-23-22(24-14-12-17-8-4-6-10-20(17)26-2)25-16-18-13-15-27-21-11-7-5-9-19(18)21;/h4-11,18H,3,12-16H2,1-2H3,(H2,23,24,25);1H. The van der Waals surface area contributed by atoms with Gasteiger partial charge in [0.1, 0.15) is 11.5 Å². The van der Waals surface area contributed by atoms with Gasteiger partial charge in [-0.1, -0.05) is 36.4 Å². The van der Waals surface area contributed by atoms with Crippen molar-refractivity contribution in [2.75, 3.05) is 33.4 Å². The number of para-hydroxylation sites is 2. The zero-order valence-electron chi connectivity index (χ0n) is 16.6. The van der Waals surface area contributed by atoms with Gasteiger partial charge in [-0.25, -0.2) is 0 Å². The molecule has 0 saturated heterocycles. The van der Waals surface area contributed by atoms with Gasteiger partial charge in [0, 0.05) is 25.6 Å². The lowest BCUT2D eigenvalue weighted by Gasteiger charge is -2.25. The molecule has 0 aliphatic carbocycles. The van der Waals surface area contributed by atoms with E-state index in [9.17, 15) is 0 Å². The molecule has 6 heteroatoms. The molecule has 2 N–H and O–H groups in total. The highest BCUT2D eigenvalue weighted by Gasteiger charge is 2.20. The molecule has 3 rings (SSSR count). The lowest BCUT2D eigenvalue weighted by atomic mass is 9.93. The number of rotatable bonds is 7. The van der Waals surface area contributed by atoms with Crippen molar-refractivity contribution in [2.45, 2.75) is 25.7 Å². The first-order valence-electron chi connectivity index (χ1n) is 9.67. The molecule has 1 aliphatic rings. The smallest absolute Gasteiger partial charge is 0.191 e. The normalized spacial score (nSPS) is 15.6. The van der Waals surface area contributed by atoms with Gasteiger partial charge in [-0.05, 0) is 43.0 Å². The number of halogens is 1. The van der Waals surface area contributed by atoms with Crippen LogP contribution in [0.15, 0.2) is 53.5 Å². The van der Waals surface area contributed by atoms with E-state index in [2.05, 4.69) is 35.8 Å². The Morgan fingerprint density at radius 2 is 1.93 bits per heavy atom. The molecule has 0 fully saturated rings. The summed E-state index contributed by atoms with van der Waals surface area (Å²) in [4.78, 5) is 4.82. The molecule has 0 saturated carbocycles. The first-order chi connectivity index (χ1) is 13.3. The molecule has 2 aromatic rings. The summed E-state index contributed by atoms with van der Waals surface area (Å²) in [6.45, 7) is 5.24. The maximum Gasteiger partial charge on any atom is 0.191 e. The van der Waals surface area contributed by atoms with Gasteiger partial charge in [-0.3, -0.25) is 4.99 Å². The van der Waals surface area contributed by atoms with Crippen LogP contribution in [0, 0.1) is 0 Å². The minimum absolute atomic E-state index is 0. The number of nitrogens with one attached hydrogen (secondary N) is 2. The van der Waals surface area contributed by atoms with E-state index >= 15 is 0 Å². The molecular weight excluding hydrogens is 465 g/mol. The van der Waals surface area contributed by atoms with Crippen molar-refractivity contribution < 1.29 is 9.47 Å². The fourth-order valence-electron chi connectivity index (χ4n) is 3.37. The second-order valence-corrected chi connectivity index (χ2v) is 6.58. The lowest BCUT2D eigenvalue weighted by Crippen LogP contribution is -2.38. The summed E-state index contributed by atoms with van der Waals surface area (Å²) >= 11 is 0. The second kappa shape index (κ2) is 11.8. The van der Waals surface area contributed by atoms with E-state index in [1.807, 2.05) is 30.3 Å². The molecule has 0 bridgehead atoms. The summed E-state index contributed by atoms with van der Waals surface area (Å²) in [5.41, 5.74) is 2.46. The number of nitrogens with zero attached hydrogens (tertiary/aromatic N) is 1. The Balaban J connectivity index is 0.00000280. The van der Waals surface area contributed by atoms with Crippen LogP contribution >= 0.6 is 24.0 Å². The zero-order chi connectivity index (χ0) is 18.9. The largest absolute Gasteiger partial charge is 0.496 e. The molecule has 152 valence electrons. The van der Waals surface area contributed by atoms with E-state index in [0.29, 0.717) is 5.92 Å². The SMILES string of the molecule is CCNC(=NCC1CCOc2ccccc21)NCCc1ccccc1OC.I. The molecule has 5 nitrogen and oxygen atoms in total. The van der Waals surface area contributed by atoms with Crippen LogP contribution < -0.4 is 20.1 Å². The highest BCUT2D eigenvalue weighted by atomic mass is 127. The third kappa shape index (κ3) is 6.02. The average Bonchev–Trinajstić information content (AvgIpc) is 2.72. The van der Waals surface area contributed by atoms with Crippen molar-refractivity contribution in [3.63, 3.8) is 0 Å². The second-order valence-electron chi connectivity index (χ2n) is 6.58. The number of hydrogen-bond donors (Lipinski definition) is 2. The van der Waals surface area contributed by atoms with Crippen molar-refractivity contribution in [1.29, 1.82) is 0 Å². The Hall–Kier alpha value is -1.96. The van der Waals surface area contributed by atoms with Crippen LogP contribution in [0.5, 0.6) is 11.5 Å². The van der Waals surface area contributed by atoms with Crippen LogP contribution in [0.2, 0.25) is 0 Å². The molecule has 2 aromatic carbocycles. The monoisotopic (exact) mass is 495 g/mol. The third-order valence-electron chi connectivity index (χ3n) is 4.78. The maximum atomic E-state index is 5.75. The van der Waals surface area contributed by atoms with Gasteiger partial charge < -0.3 is 20.1 Å². The van der Waals surface area contributed by atoms with Gasteiger partial charge in [0.25, 0.3) is 0 Å². The highest BCUT2D eigenvalue weighted by molar-refractivity contribution is 14.0. The highest BCUT2D eigenvalue weighted by Crippen LogP contribution is 2.33. The predicted octanol–water partition coefficient (Wildman–Crippen LogP) is 3.98. The summed E-state index contributed by atoms with van der Waals surface area (Å²) in [5, 5.41) is 6.77. The quantitative estimate of drug-likeness (QED) is 0.347. The summed E-state index contributed by atoms with van der Waals surface area (Å²) in [6, 6.07) is 16.4. The van der Waals surface area contributed by atoms with E-state index < -0.39 is 0 Å². The van der Waals surface area contributed by atoms with Crippen molar-refractivity contribution in [2.24, 2.45) is 4.99 Å². The van der Waals surface area contributed by atoms with E-state index in [1.54, 1.807) is 7.11 Å². The van der Waals surface area contributed by atoms with E-state index in [0.717, 1.165) is 56.5 Å². The molecule has 1 atom stereocenters. The Morgan fingerprint density at radius 3 is 2.75 bits per heavy atom. The van der Waals surface area contributed by atoms with Gasteiger partial charge in [0.15, 0.2) is 5.96 Å². The minimum Gasteiger partial charge on any atom is -0.496 e. The van der Waals surface area contributed by atoms with Crippen LogP contribution in [0.25, 0.3) is 0 Å². The van der Waals surface area contributed by atoms with Gasteiger partial charge in [0.05, 0.1) is 13.7 Å². The fraction of sp³-hybridized carbons (Fsp3) is 0.409. The minimum atomic E-state index is 0. The Labute approximate surface area is 184 Å². The number of aliphatic imine (C=N–C) groups is 1. The molecule has 1 aliphatic heterocycles. The first-order valence-corrected chi connectivity index (χ1v) is 9.67. The first kappa shape index (κ1) is 22.3. The molecular formula is C22H30IN3O2. The van der Waals surface area contributed by atoms with Gasteiger partial charge in [-0.2, -0.15) is 0 Å². The number of ether oxygens (including phenoxy) is 2. The summed E-state index contributed by atoms with van der Waals surface area (Å²) in [7, 11) is 1.71. The summed E-state index contributed by atoms with van der Waals surface area (Å²) in [5.74, 6) is 3.19. The number of benzene rings is 2. The molecule has 0 amide bonds. The molecule has 28 heavy (non-hydrogen) atoms. The number of guanidine groups is 1. The van der Waals surface area contributed by atoms with E-state index in [-0.39, 0.29) is 24.0 Å². The van der Waals surface area contributed by atoms with Gasteiger partial charge >= 0.3 is 0 Å². The summed E-state index contributed by atoms with van der Waals surface area (Å²) < 4.78 is 11.2. The van der Waals surface area contributed by atoms with Crippen LogP contribution in [0.3, 0.4) is 0 Å². The number of methoxy groups -OCH3 is 1. The summed E-state index contributed by atoms with van der Waals surface area (Å²) in [6.07, 6.45) is 1.88. The molecule has 1 unspecified atom stereocenters. The number of fused-ring (bicyclic) bond motifs is 1. The van der Waals surface area contributed by atoms with Crippen LogP contribution in [-0.4, -0.2) is 39.3 Å². The average molecular weight is 495 g/mol. The third-order valence-corrected chi connectivity index (χ3v) is 4.78. The molecule has 0 spiro atoms. The number of hydrogen-bond acceptors (Lipinski definition) is 3. The molecule has 1 heterocycles. The van der Waals surface area contributed by atoms with Crippen molar-refractivity contribution in [3.8, 4) is 11.5 Å². The zero-order valence-corrected chi connectivity index (χ0v) is 18.9. The Bertz CT molecular complexity index is 767. The topological polar surface area (TPSA) is 54.9 Å². The maximum absolute atomic E-state index is 5.75. The fourth-order valence-corrected chi connectivity index (χ4v) is 3.37. The predicted molar refractivity (Wildman–Crippen MR) is 125 cm³/mol. The Kier molecular flexibility index (Phi) is 9.40.